The van der Waals surface area contributed by atoms with Crippen LogP contribution in [0.5, 0.6) is 5.75 Å². The molecule has 0 aliphatic rings. The molecule has 0 spiro atoms. The van der Waals surface area contributed by atoms with E-state index in [1.807, 2.05) is 64.1 Å². The standard InChI is InChI=1S/C21H23N3O2/c1-13-10-14(2)12-17(11-13)22-15(3)20-16(4)23-24(21(20)25)18-6-8-19(26-5)9-7-18/h6-12,23H,1-5H3. The van der Waals surface area contributed by atoms with E-state index in [0.29, 0.717) is 11.3 Å². The zero-order valence-corrected chi connectivity index (χ0v) is 15.8. The van der Waals surface area contributed by atoms with E-state index in [1.165, 1.54) is 4.68 Å². The molecule has 0 atom stereocenters. The first-order valence-corrected chi connectivity index (χ1v) is 8.49. The highest BCUT2D eigenvalue weighted by Gasteiger charge is 2.15. The number of nitrogens with zero attached hydrogens (tertiary/aromatic N) is 2. The van der Waals surface area contributed by atoms with Crippen LogP contribution in [0.2, 0.25) is 0 Å². The van der Waals surface area contributed by atoms with E-state index in [1.54, 1.807) is 7.11 Å². The summed E-state index contributed by atoms with van der Waals surface area (Å²) in [6.07, 6.45) is 0. The smallest absolute Gasteiger partial charge is 0.280 e. The molecule has 5 nitrogen and oxygen atoms in total. The number of nitrogens with one attached hydrogen (secondary N) is 1. The summed E-state index contributed by atoms with van der Waals surface area (Å²) in [4.78, 5) is 17.6. The molecule has 1 heterocycles. The SMILES string of the molecule is COc1ccc(-n2[nH]c(C)c(C(C)=Nc3cc(C)cc(C)c3)c2=O)cc1. The van der Waals surface area contributed by atoms with E-state index in [4.69, 9.17) is 4.74 Å². The molecule has 0 amide bonds. The minimum absolute atomic E-state index is 0.113. The average Bonchev–Trinajstić information content (AvgIpc) is 2.88. The number of aryl methyl sites for hydroxylation is 3. The van der Waals surface area contributed by atoms with Crippen molar-refractivity contribution in [3.8, 4) is 11.4 Å². The largest absolute Gasteiger partial charge is 0.497 e. The van der Waals surface area contributed by atoms with Crippen molar-refractivity contribution >= 4 is 11.4 Å². The lowest BCUT2D eigenvalue weighted by Gasteiger charge is -2.03. The topological polar surface area (TPSA) is 59.4 Å². The van der Waals surface area contributed by atoms with Crippen LogP contribution in [0.25, 0.3) is 5.69 Å². The molecular weight excluding hydrogens is 326 g/mol. The molecule has 0 fully saturated rings. The Morgan fingerprint density at radius 1 is 1.04 bits per heavy atom. The van der Waals surface area contributed by atoms with E-state index < -0.39 is 0 Å². The number of methoxy groups -OCH3 is 1. The van der Waals surface area contributed by atoms with Gasteiger partial charge in [-0.25, -0.2) is 4.68 Å². The van der Waals surface area contributed by atoms with Gasteiger partial charge in [-0.15, -0.1) is 0 Å². The predicted octanol–water partition coefficient (Wildman–Crippen LogP) is 4.24. The normalized spacial score (nSPS) is 11.7. The van der Waals surface area contributed by atoms with Gasteiger partial charge in [-0.1, -0.05) is 6.07 Å². The van der Waals surface area contributed by atoms with Crippen LogP contribution >= 0.6 is 0 Å². The molecule has 0 unspecified atom stereocenters. The van der Waals surface area contributed by atoms with Crippen molar-refractivity contribution in [2.24, 2.45) is 4.99 Å². The minimum atomic E-state index is -0.113. The summed E-state index contributed by atoms with van der Waals surface area (Å²) in [6, 6.07) is 13.5. The van der Waals surface area contributed by atoms with Crippen molar-refractivity contribution in [3.05, 3.63) is 75.2 Å². The van der Waals surface area contributed by atoms with Crippen LogP contribution in [0.4, 0.5) is 5.69 Å². The van der Waals surface area contributed by atoms with Gasteiger partial charge in [-0.3, -0.25) is 14.9 Å². The number of hydrogen-bond acceptors (Lipinski definition) is 3. The van der Waals surface area contributed by atoms with Crippen LogP contribution in [0, 0.1) is 20.8 Å². The fourth-order valence-electron chi connectivity index (χ4n) is 3.15. The second-order valence-electron chi connectivity index (χ2n) is 6.49. The lowest BCUT2D eigenvalue weighted by molar-refractivity contribution is 0.414. The van der Waals surface area contributed by atoms with Gasteiger partial charge in [-0.05, 0) is 75.2 Å². The Morgan fingerprint density at radius 2 is 1.65 bits per heavy atom. The van der Waals surface area contributed by atoms with E-state index in [9.17, 15) is 4.79 Å². The number of hydrogen-bond donors (Lipinski definition) is 1. The van der Waals surface area contributed by atoms with Crippen LogP contribution in [0.1, 0.15) is 29.3 Å². The number of ether oxygens (including phenoxy) is 1. The highest BCUT2D eigenvalue weighted by atomic mass is 16.5. The molecule has 0 saturated carbocycles. The third kappa shape index (κ3) is 3.47. The first kappa shape index (κ1) is 17.7. The minimum Gasteiger partial charge on any atom is -0.497 e. The maximum absolute atomic E-state index is 12.9. The second kappa shape index (κ2) is 7.04. The van der Waals surface area contributed by atoms with E-state index in [0.717, 1.165) is 33.9 Å². The summed E-state index contributed by atoms with van der Waals surface area (Å²) < 4.78 is 6.70. The molecule has 2 aromatic carbocycles. The van der Waals surface area contributed by atoms with Crippen LogP contribution in [0.15, 0.2) is 52.3 Å². The third-order valence-corrected chi connectivity index (χ3v) is 4.27. The third-order valence-electron chi connectivity index (χ3n) is 4.27. The molecule has 3 aromatic rings. The summed E-state index contributed by atoms with van der Waals surface area (Å²) in [7, 11) is 1.62. The molecule has 134 valence electrons. The predicted molar refractivity (Wildman–Crippen MR) is 105 cm³/mol. The Balaban J connectivity index is 2.04. The Kier molecular flexibility index (Phi) is 4.80. The van der Waals surface area contributed by atoms with Gasteiger partial charge in [-0.2, -0.15) is 0 Å². The van der Waals surface area contributed by atoms with Gasteiger partial charge in [0.1, 0.15) is 5.75 Å². The maximum Gasteiger partial charge on any atom is 0.280 e. The molecule has 1 N–H and O–H groups in total. The summed E-state index contributed by atoms with van der Waals surface area (Å²) >= 11 is 0. The molecule has 0 radical (unpaired) electrons. The number of H-pyrrole nitrogens is 1. The molecule has 0 aliphatic carbocycles. The van der Waals surface area contributed by atoms with Crippen molar-refractivity contribution < 1.29 is 4.74 Å². The maximum atomic E-state index is 12.9. The summed E-state index contributed by atoms with van der Waals surface area (Å²) in [5.74, 6) is 0.748. The lowest BCUT2D eigenvalue weighted by atomic mass is 10.1. The zero-order chi connectivity index (χ0) is 18.8. The van der Waals surface area contributed by atoms with Crippen LogP contribution in [-0.2, 0) is 0 Å². The van der Waals surface area contributed by atoms with Crippen molar-refractivity contribution in [1.82, 2.24) is 9.78 Å². The summed E-state index contributed by atoms with van der Waals surface area (Å²) in [6.45, 7) is 7.84. The fourth-order valence-corrected chi connectivity index (χ4v) is 3.15. The number of rotatable bonds is 4. The molecule has 0 saturated heterocycles. The molecule has 1 aromatic heterocycles. The lowest BCUT2D eigenvalue weighted by Crippen LogP contribution is -2.19. The fraction of sp³-hybridized carbons (Fsp3) is 0.238. The van der Waals surface area contributed by atoms with Gasteiger partial charge >= 0.3 is 0 Å². The summed E-state index contributed by atoms with van der Waals surface area (Å²) in [5, 5.41) is 3.14. The molecule has 0 bridgehead atoms. The highest BCUT2D eigenvalue weighted by molar-refractivity contribution is 6.01. The van der Waals surface area contributed by atoms with Gasteiger partial charge < -0.3 is 4.74 Å². The number of aromatic amines is 1. The molecular formula is C21H23N3O2. The van der Waals surface area contributed by atoms with Crippen LogP contribution in [-0.4, -0.2) is 22.6 Å². The van der Waals surface area contributed by atoms with Gasteiger partial charge in [0, 0.05) is 5.69 Å². The van der Waals surface area contributed by atoms with Crippen LogP contribution in [0.3, 0.4) is 0 Å². The molecule has 3 rings (SSSR count). The van der Waals surface area contributed by atoms with Gasteiger partial charge in [0.2, 0.25) is 0 Å². The number of benzene rings is 2. The van der Waals surface area contributed by atoms with Gasteiger partial charge in [0.25, 0.3) is 5.56 Å². The Bertz CT molecular complexity index is 1000. The highest BCUT2D eigenvalue weighted by Crippen LogP contribution is 2.19. The Morgan fingerprint density at radius 3 is 2.23 bits per heavy atom. The summed E-state index contributed by atoms with van der Waals surface area (Å²) in [5.41, 5.74) is 5.88. The van der Waals surface area contributed by atoms with Crippen molar-refractivity contribution in [2.75, 3.05) is 7.11 Å². The zero-order valence-electron chi connectivity index (χ0n) is 15.8. The Labute approximate surface area is 153 Å². The van der Waals surface area contributed by atoms with Gasteiger partial charge in [0.15, 0.2) is 0 Å². The van der Waals surface area contributed by atoms with Crippen molar-refractivity contribution in [3.63, 3.8) is 0 Å². The van der Waals surface area contributed by atoms with Crippen molar-refractivity contribution in [1.29, 1.82) is 0 Å². The van der Waals surface area contributed by atoms with E-state index in [2.05, 4.69) is 16.2 Å². The Hall–Kier alpha value is -3.08. The van der Waals surface area contributed by atoms with E-state index in [-0.39, 0.29) is 5.56 Å². The van der Waals surface area contributed by atoms with E-state index >= 15 is 0 Å². The second-order valence-corrected chi connectivity index (χ2v) is 6.49. The molecule has 5 heteroatoms. The quantitative estimate of drug-likeness (QED) is 0.716. The average molecular weight is 349 g/mol. The number of aromatic nitrogens is 2. The first-order valence-electron chi connectivity index (χ1n) is 8.49. The molecule has 0 aliphatic heterocycles. The number of aliphatic imine (C=N–C) groups is 1. The van der Waals surface area contributed by atoms with Crippen molar-refractivity contribution in [2.45, 2.75) is 27.7 Å². The monoisotopic (exact) mass is 349 g/mol. The van der Waals surface area contributed by atoms with Gasteiger partial charge in [0.05, 0.1) is 29.8 Å². The first-order chi connectivity index (χ1) is 12.4. The molecule has 26 heavy (non-hydrogen) atoms. The van der Waals surface area contributed by atoms with Crippen LogP contribution < -0.4 is 10.3 Å².